The van der Waals surface area contributed by atoms with Crippen molar-refractivity contribution in [2.75, 3.05) is 19.2 Å². The summed E-state index contributed by atoms with van der Waals surface area (Å²) in [5.41, 5.74) is 0.390. The van der Waals surface area contributed by atoms with Gasteiger partial charge in [0.2, 0.25) is 18.1 Å². The highest BCUT2D eigenvalue weighted by Gasteiger charge is 2.22. The molecule has 1 aliphatic heterocycles. The van der Waals surface area contributed by atoms with Gasteiger partial charge < -0.3 is 24.1 Å². The first kappa shape index (κ1) is 22.1. The van der Waals surface area contributed by atoms with E-state index < -0.39 is 17.0 Å². The van der Waals surface area contributed by atoms with Crippen LogP contribution in [-0.4, -0.2) is 30.2 Å². The van der Waals surface area contributed by atoms with Crippen LogP contribution in [0.3, 0.4) is 0 Å². The van der Waals surface area contributed by atoms with Gasteiger partial charge in [-0.15, -0.1) is 0 Å². The fourth-order valence-electron chi connectivity index (χ4n) is 3.89. The van der Waals surface area contributed by atoms with Gasteiger partial charge in [-0.05, 0) is 42.5 Å². The third kappa shape index (κ3) is 4.31. The third-order valence-corrected chi connectivity index (χ3v) is 5.59. The molecule has 1 amide bonds. The summed E-state index contributed by atoms with van der Waals surface area (Å²) in [6.45, 7) is -0.200. The van der Waals surface area contributed by atoms with Crippen molar-refractivity contribution in [1.82, 2.24) is 4.57 Å². The molecular weight excluding hydrogens is 455 g/mol. The first-order valence-electron chi connectivity index (χ1n) is 10.6. The average Bonchev–Trinajstić information content (AvgIpc) is 3.32. The number of ether oxygens (including phenoxy) is 3. The fourth-order valence-corrected chi connectivity index (χ4v) is 3.89. The first-order valence-corrected chi connectivity index (χ1v) is 10.6. The molecule has 8 nitrogen and oxygen atoms in total. The lowest BCUT2D eigenvalue weighted by Crippen LogP contribution is -2.24. The molecule has 2 heterocycles. The quantitative estimate of drug-likeness (QED) is 0.428. The molecule has 1 N–H and O–H groups in total. The summed E-state index contributed by atoms with van der Waals surface area (Å²) in [6, 6.07) is 14.9. The van der Waals surface area contributed by atoms with E-state index in [1.807, 2.05) is 0 Å². The van der Waals surface area contributed by atoms with Gasteiger partial charge in [-0.1, -0.05) is 6.07 Å². The number of rotatable bonds is 6. The summed E-state index contributed by atoms with van der Waals surface area (Å²) in [5, 5.41) is 2.97. The van der Waals surface area contributed by atoms with Crippen molar-refractivity contribution in [2.24, 2.45) is 0 Å². The smallest absolute Gasteiger partial charge is 0.244 e. The summed E-state index contributed by atoms with van der Waals surface area (Å²) in [4.78, 5) is 39.3. The van der Waals surface area contributed by atoms with Gasteiger partial charge in [-0.3, -0.25) is 14.4 Å². The van der Waals surface area contributed by atoms with Crippen LogP contribution in [0, 0.1) is 5.82 Å². The van der Waals surface area contributed by atoms with Gasteiger partial charge in [-0.2, -0.15) is 0 Å². The summed E-state index contributed by atoms with van der Waals surface area (Å²) in [5.74, 6) is -0.0988. The number of ketones is 1. The van der Waals surface area contributed by atoms with Gasteiger partial charge >= 0.3 is 0 Å². The Morgan fingerprint density at radius 1 is 1.06 bits per heavy atom. The molecule has 0 unspecified atom stereocenters. The van der Waals surface area contributed by atoms with Crippen LogP contribution in [-0.2, 0) is 11.3 Å². The van der Waals surface area contributed by atoms with E-state index in [9.17, 15) is 18.8 Å². The number of hydrogen-bond acceptors (Lipinski definition) is 6. The Labute approximate surface area is 198 Å². The van der Waals surface area contributed by atoms with Gasteiger partial charge in [0.1, 0.15) is 18.1 Å². The van der Waals surface area contributed by atoms with E-state index >= 15 is 0 Å². The Bertz CT molecular complexity index is 1530. The molecule has 0 atom stereocenters. The molecule has 9 heteroatoms. The SMILES string of the molecule is COc1cccc(NC(=O)Cn2cc(C(=O)c3ccc(F)cc3)c(=O)c3cc4c(cc32)OCO4)c1. The molecule has 35 heavy (non-hydrogen) atoms. The van der Waals surface area contributed by atoms with E-state index in [1.54, 1.807) is 30.3 Å². The number of carbonyl (C=O) groups is 2. The molecule has 0 radical (unpaired) electrons. The van der Waals surface area contributed by atoms with E-state index in [1.165, 1.54) is 36.1 Å². The number of nitrogens with one attached hydrogen (secondary N) is 1. The molecule has 0 spiro atoms. The molecule has 3 aromatic carbocycles. The van der Waals surface area contributed by atoms with Gasteiger partial charge in [0.15, 0.2) is 17.3 Å². The predicted molar refractivity (Wildman–Crippen MR) is 126 cm³/mol. The molecular formula is C26H19FN2O6. The first-order chi connectivity index (χ1) is 16.9. The van der Waals surface area contributed by atoms with Crippen LogP contribution in [0.25, 0.3) is 10.9 Å². The minimum atomic E-state index is -0.587. The van der Waals surface area contributed by atoms with Crippen molar-refractivity contribution in [1.29, 1.82) is 0 Å². The predicted octanol–water partition coefficient (Wildman–Crippen LogP) is 3.75. The van der Waals surface area contributed by atoms with Crippen LogP contribution >= 0.6 is 0 Å². The zero-order chi connectivity index (χ0) is 24.5. The lowest BCUT2D eigenvalue weighted by atomic mass is 10.0. The zero-order valence-corrected chi connectivity index (χ0v) is 18.5. The van der Waals surface area contributed by atoms with Gasteiger partial charge in [0, 0.05) is 29.6 Å². The number of nitrogens with zero attached hydrogens (tertiary/aromatic N) is 1. The standard InChI is InChI=1S/C26H19FN2O6/c1-33-18-4-2-3-17(9-18)28-24(30)13-29-12-20(25(31)15-5-7-16(27)8-6-15)26(32)19-10-22-23(11-21(19)29)35-14-34-22/h2-12H,13-14H2,1H3,(H,28,30). The molecule has 1 aliphatic rings. The van der Waals surface area contributed by atoms with Crippen LogP contribution in [0.1, 0.15) is 15.9 Å². The number of methoxy groups -OCH3 is 1. The Morgan fingerprint density at radius 2 is 1.80 bits per heavy atom. The maximum absolute atomic E-state index is 13.3. The summed E-state index contributed by atoms with van der Waals surface area (Å²) in [6.07, 6.45) is 1.34. The minimum absolute atomic E-state index is 0.00244. The number of pyridine rings is 1. The number of carbonyl (C=O) groups excluding carboxylic acids is 2. The Kier molecular flexibility index (Phi) is 5.66. The Hall–Kier alpha value is -4.66. The molecule has 0 fully saturated rings. The second-order valence-corrected chi connectivity index (χ2v) is 7.84. The van der Waals surface area contributed by atoms with Crippen molar-refractivity contribution in [3.8, 4) is 17.2 Å². The van der Waals surface area contributed by atoms with E-state index in [4.69, 9.17) is 14.2 Å². The lowest BCUT2D eigenvalue weighted by Gasteiger charge is -2.14. The van der Waals surface area contributed by atoms with Crippen molar-refractivity contribution in [3.63, 3.8) is 0 Å². The van der Waals surface area contributed by atoms with Crippen molar-refractivity contribution >= 4 is 28.3 Å². The molecule has 0 aliphatic carbocycles. The molecule has 1 aromatic heterocycles. The molecule has 0 saturated carbocycles. The topological polar surface area (TPSA) is 95.9 Å². The molecule has 176 valence electrons. The van der Waals surface area contributed by atoms with Crippen molar-refractivity contribution in [2.45, 2.75) is 6.54 Å². The molecule has 4 aromatic rings. The lowest BCUT2D eigenvalue weighted by molar-refractivity contribution is -0.116. The zero-order valence-electron chi connectivity index (χ0n) is 18.5. The number of amides is 1. The number of benzene rings is 3. The third-order valence-electron chi connectivity index (χ3n) is 5.59. The highest BCUT2D eigenvalue weighted by atomic mass is 19.1. The highest BCUT2D eigenvalue weighted by molar-refractivity contribution is 6.10. The van der Waals surface area contributed by atoms with Crippen LogP contribution in [0.2, 0.25) is 0 Å². The van der Waals surface area contributed by atoms with Crippen LogP contribution < -0.4 is 25.0 Å². The summed E-state index contributed by atoms with van der Waals surface area (Å²) >= 11 is 0. The second kappa shape index (κ2) is 8.94. The highest BCUT2D eigenvalue weighted by Crippen LogP contribution is 2.35. The van der Waals surface area contributed by atoms with E-state index in [-0.39, 0.29) is 35.8 Å². The largest absolute Gasteiger partial charge is 0.497 e. The Morgan fingerprint density at radius 3 is 2.54 bits per heavy atom. The number of fused-ring (bicyclic) bond motifs is 2. The van der Waals surface area contributed by atoms with E-state index in [2.05, 4.69) is 5.32 Å². The van der Waals surface area contributed by atoms with E-state index in [0.717, 1.165) is 12.1 Å². The molecule has 0 saturated heterocycles. The van der Waals surface area contributed by atoms with Crippen LogP contribution in [0.15, 0.2) is 71.7 Å². The van der Waals surface area contributed by atoms with E-state index in [0.29, 0.717) is 28.5 Å². The van der Waals surface area contributed by atoms with Crippen LogP contribution in [0.4, 0.5) is 10.1 Å². The van der Waals surface area contributed by atoms with Crippen LogP contribution in [0.5, 0.6) is 17.2 Å². The monoisotopic (exact) mass is 474 g/mol. The van der Waals surface area contributed by atoms with Gasteiger partial charge in [0.05, 0.1) is 23.6 Å². The summed E-state index contributed by atoms with van der Waals surface area (Å²) in [7, 11) is 1.53. The maximum Gasteiger partial charge on any atom is 0.244 e. The minimum Gasteiger partial charge on any atom is -0.497 e. The number of hydrogen-bond donors (Lipinski definition) is 1. The number of anilines is 1. The number of halogens is 1. The fraction of sp³-hybridized carbons (Fsp3) is 0.115. The molecule has 0 bridgehead atoms. The van der Waals surface area contributed by atoms with Crippen molar-refractivity contribution in [3.05, 3.63) is 94.0 Å². The maximum atomic E-state index is 13.3. The second-order valence-electron chi connectivity index (χ2n) is 7.84. The normalized spacial score (nSPS) is 11.9. The molecule has 5 rings (SSSR count). The average molecular weight is 474 g/mol. The van der Waals surface area contributed by atoms with Gasteiger partial charge in [0.25, 0.3) is 0 Å². The summed E-state index contributed by atoms with van der Waals surface area (Å²) < 4.78 is 30.9. The Balaban J connectivity index is 1.57. The number of aromatic nitrogens is 1. The van der Waals surface area contributed by atoms with Crippen molar-refractivity contribution < 1.29 is 28.2 Å². The van der Waals surface area contributed by atoms with Gasteiger partial charge in [-0.25, -0.2) is 4.39 Å².